The van der Waals surface area contributed by atoms with Crippen LogP contribution in [-0.4, -0.2) is 18.7 Å². The van der Waals surface area contributed by atoms with Gasteiger partial charge in [-0.05, 0) is 66.7 Å². The minimum atomic E-state index is 0.121. The lowest BCUT2D eigenvalue weighted by Gasteiger charge is -2.11. The highest BCUT2D eigenvalue weighted by Gasteiger charge is 2.67. The fraction of sp³-hybridized carbons (Fsp3) is 0.556. The molecule has 1 aromatic carbocycles. The van der Waals surface area contributed by atoms with Crippen molar-refractivity contribution >= 4 is 17.4 Å². The molecule has 0 spiro atoms. The van der Waals surface area contributed by atoms with Gasteiger partial charge in [0.2, 0.25) is 5.91 Å². The molecule has 2 bridgehead atoms. The highest BCUT2D eigenvalue weighted by atomic mass is 16.2. The normalized spacial score (nSPS) is 38.6. The molecule has 1 aliphatic heterocycles. The van der Waals surface area contributed by atoms with Crippen LogP contribution >= 0.6 is 0 Å². The maximum atomic E-state index is 12.8. The first kappa shape index (κ1) is 12.0. The van der Waals surface area contributed by atoms with Crippen LogP contribution in [0.3, 0.4) is 0 Å². The lowest BCUT2D eigenvalue weighted by Crippen LogP contribution is -2.20. The Morgan fingerprint density at radius 2 is 1.90 bits per heavy atom. The Kier molecular flexibility index (Phi) is 2.14. The summed E-state index contributed by atoms with van der Waals surface area (Å²) in [7, 11) is 1.80. The number of hydrogen-bond acceptors (Lipinski definition) is 2. The Balaban J connectivity index is 1.44. The Morgan fingerprint density at radius 1 is 1.19 bits per heavy atom. The van der Waals surface area contributed by atoms with Crippen molar-refractivity contribution in [2.75, 3.05) is 11.9 Å². The smallest absolute Gasteiger partial charge is 0.231 e. The summed E-state index contributed by atoms with van der Waals surface area (Å²) in [6.45, 7) is 0. The van der Waals surface area contributed by atoms with Crippen LogP contribution in [0, 0.1) is 29.6 Å². The van der Waals surface area contributed by atoms with Crippen molar-refractivity contribution in [2.24, 2.45) is 29.6 Å². The van der Waals surface area contributed by atoms with E-state index in [1.165, 1.54) is 19.3 Å². The summed E-state index contributed by atoms with van der Waals surface area (Å²) >= 11 is 0. The summed E-state index contributed by atoms with van der Waals surface area (Å²) in [5, 5.41) is 0. The highest BCUT2D eigenvalue weighted by molar-refractivity contribution is 6.04. The zero-order chi connectivity index (χ0) is 14.3. The van der Waals surface area contributed by atoms with Gasteiger partial charge in [-0.1, -0.05) is 0 Å². The van der Waals surface area contributed by atoms with Crippen molar-refractivity contribution < 1.29 is 9.59 Å². The Morgan fingerprint density at radius 3 is 2.62 bits per heavy atom. The van der Waals surface area contributed by atoms with E-state index in [4.69, 9.17) is 0 Å². The van der Waals surface area contributed by atoms with Crippen LogP contribution in [-0.2, 0) is 11.2 Å². The zero-order valence-electron chi connectivity index (χ0n) is 12.2. The number of anilines is 1. The zero-order valence-corrected chi connectivity index (χ0v) is 12.2. The SMILES string of the molecule is CN1C(=O)Cc2cc(C(=O)C3C4C5CCC(C5)C34)ccc21. The van der Waals surface area contributed by atoms with E-state index < -0.39 is 0 Å². The number of likely N-dealkylation sites (N-methyl/N-ethyl adjacent to an activating group) is 1. The molecule has 3 saturated carbocycles. The number of benzene rings is 1. The van der Waals surface area contributed by atoms with Gasteiger partial charge in [-0.2, -0.15) is 0 Å². The molecule has 1 aromatic rings. The van der Waals surface area contributed by atoms with Crippen molar-refractivity contribution in [3.05, 3.63) is 29.3 Å². The third-order valence-corrected chi connectivity index (χ3v) is 6.48. The van der Waals surface area contributed by atoms with E-state index in [2.05, 4.69) is 0 Å². The van der Waals surface area contributed by atoms with Crippen molar-refractivity contribution in [1.82, 2.24) is 0 Å². The molecule has 4 aliphatic rings. The molecule has 0 aromatic heterocycles. The van der Waals surface area contributed by atoms with Gasteiger partial charge in [0.15, 0.2) is 5.78 Å². The molecule has 21 heavy (non-hydrogen) atoms. The second kappa shape index (κ2) is 3.76. The van der Waals surface area contributed by atoms with Crippen molar-refractivity contribution in [3.63, 3.8) is 0 Å². The molecule has 4 unspecified atom stereocenters. The fourth-order valence-corrected chi connectivity index (χ4v) is 5.49. The standard InChI is InChI=1S/C18H19NO2/c1-19-13-5-4-11(7-12(13)8-14(19)20)18(21)17-15-9-2-3-10(6-9)16(15)17/h4-5,7,9-10,15-17H,2-3,6,8H2,1H3. The summed E-state index contributed by atoms with van der Waals surface area (Å²) in [6.07, 6.45) is 4.51. The van der Waals surface area contributed by atoms with Crippen molar-refractivity contribution in [2.45, 2.75) is 25.7 Å². The maximum Gasteiger partial charge on any atom is 0.231 e. The number of amides is 1. The average Bonchev–Trinajstić information content (AvgIpc) is 2.77. The summed E-state index contributed by atoms with van der Waals surface area (Å²) in [5.74, 6) is 3.79. The summed E-state index contributed by atoms with van der Waals surface area (Å²) < 4.78 is 0. The average molecular weight is 281 g/mol. The Hall–Kier alpha value is -1.64. The quantitative estimate of drug-likeness (QED) is 0.782. The van der Waals surface area contributed by atoms with Crippen LogP contribution in [0.25, 0.3) is 0 Å². The second-order valence-corrected chi connectivity index (χ2v) is 7.35. The largest absolute Gasteiger partial charge is 0.315 e. The van der Waals surface area contributed by atoms with E-state index in [9.17, 15) is 9.59 Å². The molecule has 4 atom stereocenters. The molecule has 3 heteroatoms. The van der Waals surface area contributed by atoms with Crippen LogP contribution < -0.4 is 4.90 Å². The molecular weight excluding hydrogens is 262 g/mol. The van der Waals surface area contributed by atoms with Gasteiger partial charge in [0, 0.05) is 24.2 Å². The number of rotatable bonds is 2. The van der Waals surface area contributed by atoms with Gasteiger partial charge in [-0.15, -0.1) is 0 Å². The van der Waals surface area contributed by atoms with Crippen molar-refractivity contribution in [1.29, 1.82) is 0 Å². The van der Waals surface area contributed by atoms with Crippen LogP contribution in [0.1, 0.15) is 35.2 Å². The fourth-order valence-electron chi connectivity index (χ4n) is 5.49. The number of carbonyl (C=O) groups is 2. The number of hydrogen-bond donors (Lipinski definition) is 0. The Labute approximate surface area is 124 Å². The molecule has 1 heterocycles. The molecule has 5 rings (SSSR count). The van der Waals surface area contributed by atoms with Gasteiger partial charge in [-0.25, -0.2) is 0 Å². The van der Waals surface area contributed by atoms with Gasteiger partial charge >= 0.3 is 0 Å². The molecular formula is C18H19NO2. The molecule has 108 valence electrons. The van der Waals surface area contributed by atoms with Crippen LogP contribution in [0.5, 0.6) is 0 Å². The van der Waals surface area contributed by atoms with E-state index in [0.717, 1.165) is 28.7 Å². The van der Waals surface area contributed by atoms with Gasteiger partial charge in [0.05, 0.1) is 6.42 Å². The minimum absolute atomic E-state index is 0.121. The number of carbonyl (C=O) groups excluding carboxylic acids is 2. The summed E-state index contributed by atoms with van der Waals surface area (Å²) in [4.78, 5) is 26.2. The molecule has 1 amide bonds. The highest BCUT2D eigenvalue weighted by Crippen LogP contribution is 2.69. The lowest BCUT2D eigenvalue weighted by atomic mass is 9.95. The van der Waals surface area contributed by atoms with Crippen molar-refractivity contribution in [3.8, 4) is 0 Å². The number of nitrogens with zero attached hydrogens (tertiary/aromatic N) is 1. The second-order valence-electron chi connectivity index (χ2n) is 7.35. The van der Waals surface area contributed by atoms with Gasteiger partial charge in [0.1, 0.15) is 0 Å². The maximum absolute atomic E-state index is 12.8. The molecule has 0 N–H and O–H groups in total. The van der Waals surface area contributed by atoms with Gasteiger partial charge < -0.3 is 4.90 Å². The predicted molar refractivity (Wildman–Crippen MR) is 79.2 cm³/mol. The van der Waals surface area contributed by atoms with Gasteiger partial charge in [0.25, 0.3) is 0 Å². The van der Waals surface area contributed by atoms with E-state index >= 15 is 0 Å². The van der Waals surface area contributed by atoms with Crippen LogP contribution in [0.2, 0.25) is 0 Å². The van der Waals surface area contributed by atoms with Crippen LogP contribution in [0.4, 0.5) is 5.69 Å². The monoisotopic (exact) mass is 281 g/mol. The molecule has 0 saturated heterocycles. The lowest BCUT2D eigenvalue weighted by molar-refractivity contribution is -0.117. The predicted octanol–water partition coefficient (Wildman–Crippen LogP) is 2.68. The van der Waals surface area contributed by atoms with E-state index in [-0.39, 0.29) is 5.91 Å². The van der Waals surface area contributed by atoms with E-state index in [1.807, 2.05) is 18.2 Å². The van der Waals surface area contributed by atoms with E-state index in [1.54, 1.807) is 11.9 Å². The number of Topliss-reactive ketones (excluding diaryl/α,β-unsaturated/α-hetero) is 1. The number of fused-ring (bicyclic) bond motifs is 6. The van der Waals surface area contributed by atoms with E-state index in [0.29, 0.717) is 30.0 Å². The number of ketones is 1. The summed E-state index contributed by atoms with van der Waals surface area (Å²) in [6, 6.07) is 5.83. The third kappa shape index (κ3) is 1.44. The first-order valence-electron chi connectivity index (χ1n) is 8.09. The molecule has 3 aliphatic carbocycles. The topological polar surface area (TPSA) is 37.4 Å². The third-order valence-electron chi connectivity index (χ3n) is 6.48. The van der Waals surface area contributed by atoms with Gasteiger partial charge in [-0.3, -0.25) is 9.59 Å². The molecule has 0 radical (unpaired) electrons. The first-order chi connectivity index (χ1) is 10.1. The molecule has 3 nitrogen and oxygen atoms in total. The minimum Gasteiger partial charge on any atom is -0.315 e. The Bertz CT molecular complexity index is 664. The first-order valence-corrected chi connectivity index (χ1v) is 8.09. The molecule has 3 fully saturated rings. The summed E-state index contributed by atoms with van der Waals surface area (Å²) in [5.41, 5.74) is 2.81. The van der Waals surface area contributed by atoms with Crippen LogP contribution in [0.15, 0.2) is 18.2 Å².